The molecule has 0 rings (SSSR count). The lowest BCUT2D eigenvalue weighted by molar-refractivity contribution is -0.145. The highest BCUT2D eigenvalue weighted by Crippen LogP contribution is 1.88. The fraction of sp³-hybridized carbons (Fsp3) is 0.800. The lowest BCUT2D eigenvalue weighted by atomic mass is 10.4. The average molecular weight is 147 g/mol. The highest BCUT2D eigenvalue weighted by atomic mass is 16.4. The van der Waals surface area contributed by atoms with Gasteiger partial charge in [-0.1, -0.05) is 0 Å². The van der Waals surface area contributed by atoms with Crippen molar-refractivity contribution in [2.45, 2.75) is 13.0 Å². The first-order valence-corrected chi connectivity index (χ1v) is 3.00. The maximum Gasteiger partial charge on any atom is 0.323 e. The molecule has 0 aromatic heterocycles. The predicted octanol–water partition coefficient (Wildman–Crippen LogP) is -0.970. The molecular weight excluding hydrogens is 134 g/mol. The van der Waals surface area contributed by atoms with E-state index in [1.807, 2.05) is 0 Å². The summed E-state index contributed by atoms with van der Waals surface area (Å²) in [6.07, 6.45) is 0. The van der Waals surface area contributed by atoms with Crippen molar-refractivity contribution in [2.24, 2.45) is 0 Å². The number of hydrogen-bond acceptors (Lipinski definition) is 4. The van der Waals surface area contributed by atoms with Crippen molar-refractivity contribution in [1.29, 1.82) is 0 Å². The van der Waals surface area contributed by atoms with E-state index in [9.17, 15) is 4.79 Å². The molecule has 10 heavy (non-hydrogen) atoms. The summed E-state index contributed by atoms with van der Waals surface area (Å²) in [5.41, 5.74) is 5.35. The second kappa shape index (κ2) is 4.21. The molecule has 0 aromatic rings. The number of aliphatic carboxylic acids is 1. The summed E-state index contributed by atoms with van der Waals surface area (Å²) in [6, 6.07) is -0.574. The van der Waals surface area contributed by atoms with Gasteiger partial charge in [0.05, 0.1) is 0 Å². The molecule has 0 saturated heterocycles. The molecule has 0 fully saturated rings. The third kappa shape index (κ3) is 2.30. The van der Waals surface area contributed by atoms with E-state index in [2.05, 4.69) is 10.9 Å². The molecule has 0 bridgehead atoms. The molecule has 1 atom stereocenters. The third-order valence-corrected chi connectivity index (χ3v) is 1.23. The Morgan fingerprint density at radius 1 is 1.50 bits per heavy atom. The molecule has 0 heterocycles. The van der Waals surface area contributed by atoms with Crippen molar-refractivity contribution >= 4 is 5.97 Å². The van der Waals surface area contributed by atoms with Gasteiger partial charge in [0.1, 0.15) is 6.04 Å². The normalized spacial score (nSPS) is 13.6. The van der Waals surface area contributed by atoms with Crippen molar-refractivity contribution in [2.75, 3.05) is 14.1 Å². The second-order valence-electron chi connectivity index (χ2n) is 1.83. The van der Waals surface area contributed by atoms with Crippen LogP contribution in [0.15, 0.2) is 0 Å². The quantitative estimate of drug-likeness (QED) is 0.446. The first kappa shape index (κ1) is 9.35. The van der Waals surface area contributed by atoms with Gasteiger partial charge in [-0.2, -0.15) is 5.12 Å². The van der Waals surface area contributed by atoms with E-state index < -0.39 is 12.0 Å². The SMILES string of the molecule is CNN(NC)[C@@H](C)C(=O)O. The zero-order chi connectivity index (χ0) is 8.15. The number of carboxylic acids is 1. The molecule has 5 nitrogen and oxygen atoms in total. The molecular formula is C5H13N3O2. The maximum absolute atomic E-state index is 10.3. The number of carbonyl (C=O) groups is 1. The lowest BCUT2D eigenvalue weighted by Gasteiger charge is -2.23. The first-order valence-electron chi connectivity index (χ1n) is 3.00. The fourth-order valence-corrected chi connectivity index (χ4v) is 0.610. The van der Waals surface area contributed by atoms with Gasteiger partial charge in [0.15, 0.2) is 0 Å². The summed E-state index contributed by atoms with van der Waals surface area (Å²) in [5.74, 6) is -0.872. The van der Waals surface area contributed by atoms with Gasteiger partial charge in [0.2, 0.25) is 0 Å². The van der Waals surface area contributed by atoms with Crippen LogP contribution in [0.3, 0.4) is 0 Å². The van der Waals surface area contributed by atoms with E-state index in [0.29, 0.717) is 0 Å². The summed E-state index contributed by atoms with van der Waals surface area (Å²) in [5, 5.41) is 9.88. The van der Waals surface area contributed by atoms with Gasteiger partial charge < -0.3 is 5.11 Å². The Hall–Kier alpha value is -0.650. The molecule has 0 amide bonds. The fourth-order valence-electron chi connectivity index (χ4n) is 0.610. The van der Waals surface area contributed by atoms with Crippen LogP contribution in [0.4, 0.5) is 0 Å². The average Bonchev–Trinajstić information content (AvgIpc) is 1.90. The van der Waals surface area contributed by atoms with E-state index in [-0.39, 0.29) is 0 Å². The van der Waals surface area contributed by atoms with E-state index in [0.717, 1.165) is 0 Å². The number of hydrazine groups is 2. The van der Waals surface area contributed by atoms with Crippen molar-refractivity contribution in [3.05, 3.63) is 0 Å². The number of carboxylic acid groups (broad SMARTS) is 1. The maximum atomic E-state index is 10.3. The topological polar surface area (TPSA) is 64.6 Å². The second-order valence-corrected chi connectivity index (χ2v) is 1.83. The van der Waals surface area contributed by atoms with Gasteiger partial charge in [0, 0.05) is 14.1 Å². The molecule has 5 heteroatoms. The zero-order valence-corrected chi connectivity index (χ0v) is 6.38. The van der Waals surface area contributed by atoms with Crippen molar-refractivity contribution < 1.29 is 9.90 Å². The van der Waals surface area contributed by atoms with Crippen LogP contribution in [0.2, 0.25) is 0 Å². The number of hydrogen-bond donors (Lipinski definition) is 3. The van der Waals surface area contributed by atoms with Crippen molar-refractivity contribution in [3.63, 3.8) is 0 Å². The van der Waals surface area contributed by atoms with E-state index in [1.165, 1.54) is 5.12 Å². The smallest absolute Gasteiger partial charge is 0.323 e. The third-order valence-electron chi connectivity index (χ3n) is 1.23. The van der Waals surface area contributed by atoms with E-state index in [4.69, 9.17) is 5.11 Å². The minimum Gasteiger partial charge on any atom is -0.480 e. The monoisotopic (exact) mass is 147 g/mol. The van der Waals surface area contributed by atoms with Gasteiger partial charge in [-0.05, 0) is 6.92 Å². The van der Waals surface area contributed by atoms with Crippen molar-refractivity contribution in [1.82, 2.24) is 16.0 Å². The van der Waals surface area contributed by atoms with Gasteiger partial charge in [-0.3, -0.25) is 4.79 Å². The Balaban J connectivity index is 3.88. The van der Waals surface area contributed by atoms with Gasteiger partial charge >= 0.3 is 5.97 Å². The molecule has 60 valence electrons. The van der Waals surface area contributed by atoms with Gasteiger partial charge in [-0.25, -0.2) is 10.9 Å². The summed E-state index contributed by atoms with van der Waals surface area (Å²) in [6.45, 7) is 1.58. The minimum atomic E-state index is -0.872. The van der Waals surface area contributed by atoms with Crippen LogP contribution >= 0.6 is 0 Å². The molecule has 3 N–H and O–H groups in total. The minimum absolute atomic E-state index is 0.574. The zero-order valence-electron chi connectivity index (χ0n) is 6.38. The molecule has 0 spiro atoms. The number of nitrogens with one attached hydrogen (secondary N) is 2. The summed E-state index contributed by atoms with van der Waals surface area (Å²) in [7, 11) is 3.30. The molecule has 0 aliphatic heterocycles. The Morgan fingerprint density at radius 3 is 2.00 bits per heavy atom. The molecule has 0 aliphatic rings. The Kier molecular flexibility index (Phi) is 3.94. The van der Waals surface area contributed by atoms with Crippen LogP contribution in [0, 0.1) is 0 Å². The molecule has 0 aromatic carbocycles. The van der Waals surface area contributed by atoms with Crippen LogP contribution in [-0.4, -0.2) is 36.3 Å². The Morgan fingerprint density at radius 2 is 1.90 bits per heavy atom. The Labute approximate surface area is 60.0 Å². The van der Waals surface area contributed by atoms with Crippen molar-refractivity contribution in [3.8, 4) is 0 Å². The molecule has 0 radical (unpaired) electrons. The standard InChI is InChI=1S/C5H13N3O2/c1-4(5(9)10)8(6-2)7-3/h4,6-7H,1-3H3,(H,9,10)/t4-/m0/s1. The molecule has 0 aliphatic carbocycles. The lowest BCUT2D eigenvalue weighted by Crippen LogP contribution is -2.52. The summed E-state index contributed by atoms with van der Waals surface area (Å²) >= 11 is 0. The van der Waals surface area contributed by atoms with Crippen LogP contribution < -0.4 is 10.9 Å². The number of rotatable bonds is 4. The van der Waals surface area contributed by atoms with Crippen LogP contribution in [0.5, 0.6) is 0 Å². The first-order chi connectivity index (χ1) is 4.63. The molecule has 0 unspecified atom stereocenters. The Bertz CT molecular complexity index is 113. The van der Waals surface area contributed by atoms with Crippen LogP contribution in [0.25, 0.3) is 0 Å². The van der Waals surface area contributed by atoms with Crippen LogP contribution in [-0.2, 0) is 4.79 Å². The van der Waals surface area contributed by atoms with E-state index in [1.54, 1.807) is 21.0 Å². The highest BCUT2D eigenvalue weighted by Gasteiger charge is 2.16. The van der Waals surface area contributed by atoms with Gasteiger partial charge in [0.25, 0.3) is 0 Å². The number of nitrogens with zero attached hydrogens (tertiary/aromatic N) is 1. The largest absolute Gasteiger partial charge is 0.480 e. The van der Waals surface area contributed by atoms with Crippen LogP contribution in [0.1, 0.15) is 6.92 Å². The van der Waals surface area contributed by atoms with Gasteiger partial charge in [-0.15, -0.1) is 0 Å². The molecule has 0 saturated carbocycles. The summed E-state index contributed by atoms with van der Waals surface area (Å²) < 4.78 is 0. The van der Waals surface area contributed by atoms with E-state index >= 15 is 0 Å². The summed E-state index contributed by atoms with van der Waals surface area (Å²) in [4.78, 5) is 10.3. The predicted molar refractivity (Wildman–Crippen MR) is 37.1 cm³/mol. The highest BCUT2D eigenvalue weighted by molar-refractivity contribution is 5.72.